The molecule has 0 bridgehead atoms. The van der Waals surface area contributed by atoms with Crippen molar-refractivity contribution in [1.82, 2.24) is 10.2 Å². The number of carbonyl (C=O) groups is 2. The van der Waals surface area contributed by atoms with Crippen LogP contribution >= 0.6 is 23.2 Å². The topological polar surface area (TPSA) is 86.8 Å². The SMILES string of the molecule is CNC(=O)[C@@H](Cc1ccccc1)N(Cc1ccc(Cl)cc1Cl)C(=O)CCCN(c1cc(C)cc(C)c1)S(C)(=O)=O. The molecule has 0 fully saturated rings. The summed E-state index contributed by atoms with van der Waals surface area (Å²) in [4.78, 5) is 28.4. The normalized spacial score (nSPS) is 12.1. The van der Waals surface area contributed by atoms with Crippen LogP contribution in [0, 0.1) is 13.8 Å². The number of carbonyl (C=O) groups excluding carboxylic acids is 2. The predicted molar refractivity (Wildman–Crippen MR) is 162 cm³/mol. The van der Waals surface area contributed by atoms with Gasteiger partial charge >= 0.3 is 0 Å². The summed E-state index contributed by atoms with van der Waals surface area (Å²) in [6.45, 7) is 4.02. The maximum atomic E-state index is 13.8. The fraction of sp³-hybridized carbons (Fsp3) is 0.333. The fourth-order valence-corrected chi connectivity index (χ4v) is 6.07. The molecule has 0 aromatic heterocycles. The Bertz CT molecular complexity index is 1430. The van der Waals surface area contributed by atoms with E-state index in [-0.39, 0.29) is 37.7 Å². The molecule has 3 rings (SSSR count). The molecule has 1 N–H and O–H groups in total. The highest BCUT2D eigenvalue weighted by Crippen LogP contribution is 2.26. The summed E-state index contributed by atoms with van der Waals surface area (Å²) in [5, 5.41) is 3.53. The van der Waals surface area contributed by atoms with Gasteiger partial charge in [-0.05, 0) is 66.8 Å². The highest BCUT2D eigenvalue weighted by Gasteiger charge is 2.30. The number of hydrogen-bond acceptors (Lipinski definition) is 4. The number of nitrogens with zero attached hydrogens (tertiary/aromatic N) is 2. The Morgan fingerprint density at radius 2 is 1.60 bits per heavy atom. The van der Waals surface area contributed by atoms with E-state index >= 15 is 0 Å². The Balaban J connectivity index is 1.88. The molecule has 40 heavy (non-hydrogen) atoms. The summed E-state index contributed by atoms with van der Waals surface area (Å²) in [6.07, 6.45) is 1.75. The van der Waals surface area contributed by atoms with Gasteiger partial charge in [0.05, 0.1) is 11.9 Å². The van der Waals surface area contributed by atoms with E-state index in [0.29, 0.717) is 27.7 Å². The van der Waals surface area contributed by atoms with E-state index in [2.05, 4.69) is 5.32 Å². The van der Waals surface area contributed by atoms with Crippen molar-refractivity contribution in [1.29, 1.82) is 0 Å². The third kappa shape index (κ3) is 8.71. The zero-order valence-electron chi connectivity index (χ0n) is 23.2. The van der Waals surface area contributed by atoms with Gasteiger partial charge in [-0.1, -0.05) is 65.7 Å². The van der Waals surface area contributed by atoms with Crippen molar-refractivity contribution >= 4 is 50.7 Å². The zero-order chi connectivity index (χ0) is 29.4. The van der Waals surface area contributed by atoms with Crippen molar-refractivity contribution in [3.63, 3.8) is 0 Å². The van der Waals surface area contributed by atoms with Crippen LogP contribution in [0.4, 0.5) is 5.69 Å². The molecule has 7 nitrogen and oxygen atoms in total. The molecular weight excluding hydrogens is 569 g/mol. The molecule has 0 spiro atoms. The lowest BCUT2D eigenvalue weighted by molar-refractivity contribution is -0.141. The van der Waals surface area contributed by atoms with Gasteiger partial charge in [-0.3, -0.25) is 13.9 Å². The van der Waals surface area contributed by atoms with Gasteiger partial charge in [0.1, 0.15) is 6.04 Å². The van der Waals surface area contributed by atoms with Gasteiger partial charge < -0.3 is 10.2 Å². The van der Waals surface area contributed by atoms with E-state index in [0.717, 1.165) is 22.9 Å². The number of halogens is 2. The second kappa shape index (κ2) is 14.0. The minimum absolute atomic E-state index is 0.0321. The second-order valence-corrected chi connectivity index (χ2v) is 12.6. The molecule has 2 amide bonds. The van der Waals surface area contributed by atoms with Gasteiger partial charge in [0.2, 0.25) is 21.8 Å². The summed E-state index contributed by atoms with van der Waals surface area (Å²) in [7, 11) is -2.05. The number of aryl methyl sites for hydroxylation is 2. The van der Waals surface area contributed by atoms with Gasteiger partial charge in [0.15, 0.2) is 0 Å². The minimum atomic E-state index is -3.59. The average Bonchev–Trinajstić information content (AvgIpc) is 2.88. The van der Waals surface area contributed by atoms with Gasteiger partial charge in [-0.25, -0.2) is 8.42 Å². The summed E-state index contributed by atoms with van der Waals surface area (Å²) >= 11 is 12.5. The zero-order valence-corrected chi connectivity index (χ0v) is 25.5. The lowest BCUT2D eigenvalue weighted by Crippen LogP contribution is -2.49. The van der Waals surface area contributed by atoms with Crippen molar-refractivity contribution in [3.8, 4) is 0 Å². The molecular formula is C30H35Cl2N3O4S. The van der Waals surface area contributed by atoms with Crippen LogP contribution in [-0.4, -0.2) is 51.0 Å². The molecule has 0 saturated heterocycles. The van der Waals surface area contributed by atoms with E-state index in [1.807, 2.05) is 62.4 Å². The molecule has 0 aliphatic heterocycles. The van der Waals surface area contributed by atoms with Crippen LogP contribution in [0.2, 0.25) is 10.0 Å². The van der Waals surface area contributed by atoms with Crippen LogP contribution in [0.15, 0.2) is 66.7 Å². The maximum Gasteiger partial charge on any atom is 0.242 e. The van der Waals surface area contributed by atoms with Crippen LogP contribution in [0.1, 0.15) is 35.1 Å². The van der Waals surface area contributed by atoms with E-state index in [9.17, 15) is 18.0 Å². The monoisotopic (exact) mass is 603 g/mol. The molecule has 0 radical (unpaired) electrons. The van der Waals surface area contributed by atoms with E-state index in [4.69, 9.17) is 23.2 Å². The summed E-state index contributed by atoms with van der Waals surface area (Å²) in [5.74, 6) is -0.597. The van der Waals surface area contributed by atoms with Crippen molar-refractivity contribution in [2.75, 3.05) is 24.2 Å². The molecule has 0 unspecified atom stereocenters. The van der Waals surface area contributed by atoms with Gasteiger partial charge in [0.25, 0.3) is 0 Å². The molecule has 0 aliphatic carbocycles. The first-order valence-electron chi connectivity index (χ1n) is 12.9. The Morgan fingerprint density at radius 1 is 0.950 bits per heavy atom. The van der Waals surface area contributed by atoms with Crippen molar-refractivity contribution in [2.24, 2.45) is 0 Å². The largest absolute Gasteiger partial charge is 0.357 e. The highest BCUT2D eigenvalue weighted by atomic mass is 35.5. The molecule has 0 aliphatic rings. The summed E-state index contributed by atoms with van der Waals surface area (Å²) < 4.78 is 26.6. The van der Waals surface area contributed by atoms with Crippen LogP contribution in [0.5, 0.6) is 0 Å². The Morgan fingerprint density at radius 3 is 2.17 bits per heavy atom. The number of anilines is 1. The average molecular weight is 605 g/mol. The second-order valence-electron chi connectivity index (χ2n) is 9.86. The number of amides is 2. The van der Waals surface area contributed by atoms with Gasteiger partial charge in [-0.2, -0.15) is 0 Å². The van der Waals surface area contributed by atoms with Gasteiger partial charge in [0, 0.05) is 43.0 Å². The van der Waals surface area contributed by atoms with E-state index in [1.165, 1.54) is 16.3 Å². The van der Waals surface area contributed by atoms with Crippen LogP contribution < -0.4 is 9.62 Å². The number of rotatable bonds is 12. The molecule has 3 aromatic carbocycles. The lowest BCUT2D eigenvalue weighted by Gasteiger charge is -2.32. The summed E-state index contributed by atoms with van der Waals surface area (Å²) in [5.41, 5.74) is 3.99. The lowest BCUT2D eigenvalue weighted by atomic mass is 10.0. The Labute approximate surface area is 247 Å². The number of benzene rings is 3. The van der Waals surface area contributed by atoms with Crippen molar-refractivity contribution in [3.05, 3.63) is 99.0 Å². The van der Waals surface area contributed by atoms with E-state index in [1.54, 1.807) is 18.2 Å². The molecule has 214 valence electrons. The minimum Gasteiger partial charge on any atom is -0.357 e. The first-order valence-corrected chi connectivity index (χ1v) is 15.5. The number of likely N-dealkylation sites (N-methyl/N-ethyl adjacent to an activating group) is 1. The quantitative estimate of drug-likeness (QED) is 0.294. The smallest absolute Gasteiger partial charge is 0.242 e. The first kappa shape index (κ1) is 31.5. The Hall–Kier alpha value is -3.07. The summed E-state index contributed by atoms with van der Waals surface area (Å²) in [6, 6.07) is 19.3. The third-order valence-electron chi connectivity index (χ3n) is 6.52. The number of nitrogens with one attached hydrogen (secondary N) is 1. The molecule has 1 atom stereocenters. The third-order valence-corrected chi connectivity index (χ3v) is 8.30. The van der Waals surface area contributed by atoms with Crippen molar-refractivity contribution < 1.29 is 18.0 Å². The fourth-order valence-electron chi connectivity index (χ4n) is 4.65. The van der Waals surface area contributed by atoms with Crippen LogP contribution in [-0.2, 0) is 32.6 Å². The Kier molecular flexibility index (Phi) is 11.0. The number of hydrogen-bond donors (Lipinski definition) is 1. The predicted octanol–water partition coefficient (Wildman–Crippen LogP) is 5.54. The van der Waals surface area contributed by atoms with Gasteiger partial charge in [-0.15, -0.1) is 0 Å². The number of sulfonamides is 1. The van der Waals surface area contributed by atoms with E-state index < -0.39 is 16.1 Å². The molecule has 3 aromatic rings. The molecule has 0 heterocycles. The maximum absolute atomic E-state index is 13.8. The van der Waals surface area contributed by atoms with Crippen LogP contribution in [0.3, 0.4) is 0 Å². The highest BCUT2D eigenvalue weighted by molar-refractivity contribution is 7.92. The standard InChI is InChI=1S/C30H35Cl2N3O4S/c1-21-15-22(2)17-26(16-21)35(40(4,38)39)14-8-11-29(36)34(20-24-12-13-25(31)19-27(24)32)28(30(37)33-3)18-23-9-6-5-7-10-23/h5-7,9-10,12-13,15-17,19,28H,8,11,14,18,20H2,1-4H3,(H,33,37)/t28-/m1/s1. The van der Waals surface area contributed by atoms with Crippen molar-refractivity contribution in [2.45, 2.75) is 45.7 Å². The molecule has 0 saturated carbocycles. The molecule has 10 heteroatoms. The van der Waals surface area contributed by atoms with Crippen LogP contribution in [0.25, 0.3) is 0 Å². The first-order chi connectivity index (χ1) is 18.9.